The first-order chi connectivity index (χ1) is 15.8. The van der Waals surface area contributed by atoms with E-state index in [0.717, 1.165) is 21.4 Å². The maximum Gasteiger partial charge on any atom is 0.245 e. The Kier molecular flexibility index (Phi) is 8.16. The van der Waals surface area contributed by atoms with Gasteiger partial charge in [0.05, 0.1) is 12.2 Å². The van der Waals surface area contributed by atoms with Crippen molar-refractivity contribution >= 4 is 46.1 Å². The van der Waals surface area contributed by atoms with Crippen molar-refractivity contribution in [2.45, 2.75) is 31.2 Å². The van der Waals surface area contributed by atoms with Crippen molar-refractivity contribution in [3.05, 3.63) is 60.3 Å². The number of likely N-dealkylation sites (N-methyl/N-ethyl adjacent to an activating group) is 1. The maximum atomic E-state index is 13.3. The van der Waals surface area contributed by atoms with Gasteiger partial charge in [0.15, 0.2) is 0 Å². The predicted octanol–water partition coefficient (Wildman–Crippen LogP) is 3.67. The summed E-state index contributed by atoms with van der Waals surface area (Å²) in [6, 6.07) is 14.5. The molecule has 0 aliphatic rings. The van der Waals surface area contributed by atoms with Crippen LogP contribution in [0, 0.1) is 5.92 Å². The molecule has 0 bridgehead atoms. The van der Waals surface area contributed by atoms with Gasteiger partial charge in [-0.2, -0.15) is 0 Å². The van der Waals surface area contributed by atoms with E-state index in [4.69, 9.17) is 0 Å². The molecule has 0 saturated heterocycles. The van der Waals surface area contributed by atoms with Gasteiger partial charge in [0.1, 0.15) is 6.04 Å². The highest BCUT2D eigenvalue weighted by molar-refractivity contribution is 7.98. The van der Waals surface area contributed by atoms with Crippen LogP contribution >= 0.6 is 11.8 Å². The molecule has 3 aromatic rings. The van der Waals surface area contributed by atoms with Crippen LogP contribution in [0.4, 0.5) is 5.69 Å². The molecule has 1 atom stereocenters. The predicted molar refractivity (Wildman–Crippen MR) is 133 cm³/mol. The molecule has 0 fully saturated rings. The Bertz CT molecular complexity index is 1140. The average Bonchev–Trinajstić information content (AvgIpc) is 3.21. The Morgan fingerprint density at radius 2 is 1.76 bits per heavy atom. The summed E-state index contributed by atoms with van der Waals surface area (Å²) >= 11 is 1.53. The van der Waals surface area contributed by atoms with Gasteiger partial charge in [-0.1, -0.05) is 44.2 Å². The fourth-order valence-electron chi connectivity index (χ4n) is 3.56. The Labute approximate surface area is 198 Å². The van der Waals surface area contributed by atoms with Crippen molar-refractivity contribution in [2.24, 2.45) is 5.92 Å². The number of carbonyl (C=O) groups excluding carboxylic acids is 3. The second-order valence-corrected chi connectivity index (χ2v) is 9.07. The first-order valence-electron chi connectivity index (χ1n) is 10.8. The number of nitrogens with one attached hydrogen (secondary N) is 3. The molecule has 8 heteroatoms. The lowest BCUT2D eigenvalue weighted by Crippen LogP contribution is -2.51. The monoisotopic (exact) mass is 466 g/mol. The van der Waals surface area contributed by atoms with Gasteiger partial charge in [0, 0.05) is 41.4 Å². The van der Waals surface area contributed by atoms with Crippen LogP contribution in [0.3, 0.4) is 0 Å². The zero-order valence-corrected chi connectivity index (χ0v) is 20.2. The highest BCUT2D eigenvalue weighted by atomic mass is 32.2. The van der Waals surface area contributed by atoms with Crippen LogP contribution in [0.2, 0.25) is 0 Å². The number of thioether (sulfide) groups is 1. The highest BCUT2D eigenvalue weighted by Crippen LogP contribution is 2.24. The molecule has 0 aliphatic carbocycles. The number of nitrogens with zero attached hydrogens (tertiary/aromatic N) is 1. The van der Waals surface area contributed by atoms with Gasteiger partial charge >= 0.3 is 0 Å². The molecule has 0 saturated carbocycles. The smallest absolute Gasteiger partial charge is 0.245 e. The Hall–Kier alpha value is -3.26. The Morgan fingerprint density at radius 1 is 1.06 bits per heavy atom. The van der Waals surface area contributed by atoms with Gasteiger partial charge in [-0.3, -0.25) is 14.4 Å². The molecule has 1 aromatic heterocycles. The third-order valence-corrected chi connectivity index (χ3v) is 6.17. The summed E-state index contributed by atoms with van der Waals surface area (Å²) in [5, 5.41) is 6.73. The zero-order valence-electron chi connectivity index (χ0n) is 19.3. The number of carbonyl (C=O) groups is 3. The van der Waals surface area contributed by atoms with Crippen molar-refractivity contribution in [1.82, 2.24) is 15.2 Å². The highest BCUT2D eigenvalue weighted by Gasteiger charge is 2.27. The van der Waals surface area contributed by atoms with E-state index in [0.29, 0.717) is 12.1 Å². The molecule has 0 radical (unpaired) electrons. The average molecular weight is 467 g/mol. The van der Waals surface area contributed by atoms with E-state index in [1.807, 2.05) is 61.0 Å². The summed E-state index contributed by atoms with van der Waals surface area (Å²) in [5.41, 5.74) is 2.60. The number of fused-ring (bicyclic) bond motifs is 1. The summed E-state index contributed by atoms with van der Waals surface area (Å²) in [4.78, 5) is 43.9. The van der Waals surface area contributed by atoms with Crippen LogP contribution in [0.15, 0.2) is 59.6 Å². The number of hydrogen-bond acceptors (Lipinski definition) is 4. The van der Waals surface area contributed by atoms with Crippen molar-refractivity contribution in [3.8, 4) is 0 Å². The normalized spacial score (nSPS) is 11.9. The number of H-pyrrole nitrogens is 1. The molecule has 1 unspecified atom stereocenters. The molecule has 0 aliphatic heterocycles. The lowest BCUT2D eigenvalue weighted by Gasteiger charge is -2.25. The molecule has 174 valence electrons. The fraction of sp³-hybridized carbons (Fsp3) is 0.320. The van der Waals surface area contributed by atoms with Gasteiger partial charge in [-0.05, 0) is 30.0 Å². The molecule has 3 amide bonds. The lowest BCUT2D eigenvalue weighted by molar-refractivity contribution is -0.137. The van der Waals surface area contributed by atoms with E-state index >= 15 is 0 Å². The standard InChI is InChI=1S/C25H30N4O3S/c1-16(2)24(31)28-21(13-17-14-26-19-10-6-5-9-18(17)19)25(32)29(3)15-23(30)27-20-11-7-8-12-22(20)33-4/h5-12,14,16,21,26H,13,15H2,1-4H3,(H,27,30)(H,28,31). The second-order valence-electron chi connectivity index (χ2n) is 8.22. The molecular weight excluding hydrogens is 436 g/mol. The number of para-hydroxylation sites is 2. The number of amides is 3. The van der Waals surface area contributed by atoms with Crippen molar-refractivity contribution in [3.63, 3.8) is 0 Å². The number of aromatic nitrogens is 1. The second kappa shape index (κ2) is 11.0. The van der Waals surface area contributed by atoms with Crippen LogP contribution in [-0.2, 0) is 20.8 Å². The van der Waals surface area contributed by atoms with E-state index in [2.05, 4.69) is 15.6 Å². The molecule has 7 nitrogen and oxygen atoms in total. The molecule has 0 spiro atoms. The Morgan fingerprint density at radius 3 is 2.48 bits per heavy atom. The van der Waals surface area contributed by atoms with Gasteiger partial charge in [-0.25, -0.2) is 0 Å². The Balaban J connectivity index is 1.74. The minimum atomic E-state index is -0.782. The first kappa shape index (κ1) is 24.4. The van der Waals surface area contributed by atoms with Crippen LogP contribution < -0.4 is 10.6 Å². The molecule has 2 aromatic carbocycles. The van der Waals surface area contributed by atoms with E-state index in [1.165, 1.54) is 16.7 Å². The minimum absolute atomic E-state index is 0.122. The first-order valence-corrected chi connectivity index (χ1v) is 12.1. The van der Waals surface area contributed by atoms with E-state index in [1.54, 1.807) is 20.9 Å². The topological polar surface area (TPSA) is 94.3 Å². The third kappa shape index (κ3) is 6.16. The van der Waals surface area contributed by atoms with Crippen LogP contribution in [-0.4, -0.2) is 53.5 Å². The molecule has 33 heavy (non-hydrogen) atoms. The molecular formula is C25H30N4O3S. The fourth-order valence-corrected chi connectivity index (χ4v) is 4.11. The van der Waals surface area contributed by atoms with Gasteiger partial charge in [-0.15, -0.1) is 11.8 Å². The third-order valence-electron chi connectivity index (χ3n) is 5.38. The summed E-state index contributed by atoms with van der Waals surface area (Å²) in [6.45, 7) is 3.44. The molecule has 1 heterocycles. The maximum absolute atomic E-state index is 13.3. The quantitative estimate of drug-likeness (QED) is 0.420. The summed E-state index contributed by atoms with van der Waals surface area (Å²) in [7, 11) is 1.58. The lowest BCUT2D eigenvalue weighted by atomic mass is 10.0. The van der Waals surface area contributed by atoms with Crippen LogP contribution in [0.25, 0.3) is 10.9 Å². The summed E-state index contributed by atoms with van der Waals surface area (Å²) < 4.78 is 0. The summed E-state index contributed by atoms with van der Waals surface area (Å²) in [6.07, 6.45) is 4.12. The largest absolute Gasteiger partial charge is 0.361 e. The minimum Gasteiger partial charge on any atom is -0.361 e. The number of hydrogen-bond donors (Lipinski definition) is 3. The molecule has 3 rings (SSSR count). The van der Waals surface area contributed by atoms with Crippen molar-refractivity contribution in [1.29, 1.82) is 0 Å². The van der Waals surface area contributed by atoms with Gasteiger partial charge in [0.25, 0.3) is 0 Å². The summed E-state index contributed by atoms with van der Waals surface area (Å²) in [5.74, 6) is -1.09. The van der Waals surface area contributed by atoms with Crippen LogP contribution in [0.1, 0.15) is 19.4 Å². The van der Waals surface area contributed by atoms with Crippen molar-refractivity contribution in [2.75, 3.05) is 25.2 Å². The zero-order chi connectivity index (χ0) is 24.0. The number of benzene rings is 2. The van der Waals surface area contributed by atoms with Crippen molar-refractivity contribution < 1.29 is 14.4 Å². The van der Waals surface area contributed by atoms with Crippen LogP contribution in [0.5, 0.6) is 0 Å². The SMILES string of the molecule is CSc1ccccc1NC(=O)CN(C)C(=O)C(Cc1c[nH]c2ccccc12)NC(=O)C(C)C. The van der Waals surface area contributed by atoms with E-state index in [-0.39, 0.29) is 30.2 Å². The van der Waals surface area contributed by atoms with E-state index in [9.17, 15) is 14.4 Å². The number of rotatable bonds is 9. The number of anilines is 1. The van der Waals surface area contributed by atoms with E-state index < -0.39 is 6.04 Å². The molecule has 3 N–H and O–H groups in total. The van der Waals surface area contributed by atoms with Gasteiger partial charge in [0.2, 0.25) is 17.7 Å². The number of aromatic amines is 1. The van der Waals surface area contributed by atoms with Gasteiger partial charge < -0.3 is 20.5 Å².